The van der Waals surface area contributed by atoms with Crippen LogP contribution in [0.5, 0.6) is 0 Å². The molecule has 2 atom stereocenters. The van der Waals surface area contributed by atoms with Crippen LogP contribution in [0.4, 0.5) is 5.69 Å². The number of Topliss-reactive ketones (excluding diaryl/α,β-unsaturated/α-hetero) is 1. The molecule has 1 saturated carbocycles. The monoisotopic (exact) mass is 289 g/mol. The summed E-state index contributed by atoms with van der Waals surface area (Å²) >= 11 is 0. The van der Waals surface area contributed by atoms with E-state index in [0.29, 0.717) is 18.1 Å². The zero-order valence-corrected chi connectivity index (χ0v) is 12.6. The number of hydrogen-bond donors (Lipinski definition) is 1. The van der Waals surface area contributed by atoms with Gasteiger partial charge in [0.25, 0.3) is 0 Å². The van der Waals surface area contributed by atoms with E-state index < -0.39 is 0 Å². The molecule has 110 valence electrons. The number of carbonyl (C=O) groups excluding carboxylic acids is 1. The highest BCUT2D eigenvalue weighted by Crippen LogP contribution is 2.57. The molecule has 1 spiro atoms. The molecule has 2 N–H and O–H groups in total. The number of nitrogen functional groups attached to an aromatic ring is 1. The van der Waals surface area contributed by atoms with Gasteiger partial charge < -0.3 is 5.73 Å². The lowest BCUT2D eigenvalue weighted by molar-refractivity contribution is -0.126. The van der Waals surface area contributed by atoms with E-state index in [9.17, 15) is 4.79 Å². The van der Waals surface area contributed by atoms with E-state index in [2.05, 4.69) is 24.3 Å². The lowest BCUT2D eigenvalue weighted by Crippen LogP contribution is -2.43. The molecule has 0 aromatic heterocycles. The van der Waals surface area contributed by atoms with Gasteiger partial charge in [-0.2, -0.15) is 0 Å². The molecular formula is C20H19NO. The number of carbonyl (C=O) groups is 1. The Morgan fingerprint density at radius 1 is 1.09 bits per heavy atom. The number of ketones is 1. The van der Waals surface area contributed by atoms with Gasteiger partial charge in [-0.25, -0.2) is 0 Å². The van der Waals surface area contributed by atoms with Crippen LogP contribution in [-0.2, 0) is 16.6 Å². The average molecular weight is 289 g/mol. The Labute approximate surface area is 130 Å². The third kappa shape index (κ3) is 1.43. The van der Waals surface area contributed by atoms with Crippen molar-refractivity contribution in [3.8, 4) is 0 Å². The number of benzene rings is 2. The second-order valence-corrected chi connectivity index (χ2v) is 7.19. The van der Waals surface area contributed by atoms with Gasteiger partial charge in [0.1, 0.15) is 5.78 Å². The van der Waals surface area contributed by atoms with E-state index in [1.807, 2.05) is 12.1 Å². The maximum atomic E-state index is 12.9. The molecular weight excluding hydrogens is 270 g/mol. The van der Waals surface area contributed by atoms with Gasteiger partial charge in [-0.3, -0.25) is 4.79 Å². The van der Waals surface area contributed by atoms with Gasteiger partial charge >= 0.3 is 0 Å². The van der Waals surface area contributed by atoms with Crippen LogP contribution in [0.15, 0.2) is 42.0 Å². The number of anilines is 1. The Bertz CT molecular complexity index is 863. The van der Waals surface area contributed by atoms with Crippen molar-refractivity contribution in [1.29, 1.82) is 0 Å². The van der Waals surface area contributed by atoms with E-state index in [1.54, 1.807) is 0 Å². The molecule has 0 radical (unpaired) electrons. The third-order valence-corrected chi connectivity index (χ3v) is 6.09. The fourth-order valence-corrected chi connectivity index (χ4v) is 5.06. The van der Waals surface area contributed by atoms with Crippen molar-refractivity contribution in [2.75, 3.05) is 5.73 Å². The highest BCUT2D eigenvalue weighted by Gasteiger charge is 2.54. The predicted octanol–water partition coefficient (Wildman–Crippen LogP) is 3.92. The van der Waals surface area contributed by atoms with Gasteiger partial charge in [-0.15, -0.1) is 0 Å². The van der Waals surface area contributed by atoms with Crippen molar-refractivity contribution in [1.82, 2.24) is 0 Å². The summed E-state index contributed by atoms with van der Waals surface area (Å²) in [5, 5.41) is 2.41. The molecule has 5 rings (SSSR count). The Hall–Kier alpha value is -2.09. The molecule has 2 heteroatoms. The van der Waals surface area contributed by atoms with Crippen LogP contribution in [-0.4, -0.2) is 5.78 Å². The first kappa shape index (κ1) is 12.5. The minimum absolute atomic E-state index is 0.226. The molecule has 3 aliphatic carbocycles. The van der Waals surface area contributed by atoms with Gasteiger partial charge in [0.15, 0.2) is 0 Å². The SMILES string of the molecule is Nc1ccc2cc3c(cc2c1)C1(CC2=CCC1C2)C(=O)CC3. The molecule has 22 heavy (non-hydrogen) atoms. The lowest BCUT2D eigenvalue weighted by atomic mass is 9.61. The van der Waals surface area contributed by atoms with E-state index in [0.717, 1.165) is 31.4 Å². The van der Waals surface area contributed by atoms with E-state index in [4.69, 9.17) is 5.73 Å². The topological polar surface area (TPSA) is 43.1 Å². The zero-order valence-electron chi connectivity index (χ0n) is 12.6. The van der Waals surface area contributed by atoms with Crippen molar-refractivity contribution in [3.63, 3.8) is 0 Å². The summed E-state index contributed by atoms with van der Waals surface area (Å²) in [5.74, 6) is 0.962. The third-order valence-electron chi connectivity index (χ3n) is 6.09. The first-order valence-electron chi connectivity index (χ1n) is 8.21. The molecule has 3 aliphatic rings. The Morgan fingerprint density at radius 2 is 2.00 bits per heavy atom. The summed E-state index contributed by atoms with van der Waals surface area (Å²) in [6.07, 6.45) is 7.11. The first-order valence-corrected chi connectivity index (χ1v) is 8.21. The summed E-state index contributed by atoms with van der Waals surface area (Å²) in [6, 6.07) is 10.6. The molecule has 2 unspecified atom stereocenters. The normalized spacial score (nSPS) is 29.2. The van der Waals surface area contributed by atoms with E-state index >= 15 is 0 Å². The number of fused-ring (bicyclic) bond motifs is 6. The summed E-state index contributed by atoms with van der Waals surface area (Å²) in [7, 11) is 0. The quantitative estimate of drug-likeness (QED) is 0.590. The first-order chi connectivity index (χ1) is 10.7. The molecule has 0 amide bonds. The second-order valence-electron chi connectivity index (χ2n) is 7.19. The number of rotatable bonds is 0. The minimum atomic E-state index is -0.226. The van der Waals surface area contributed by atoms with Crippen LogP contribution >= 0.6 is 0 Å². The Balaban J connectivity index is 1.80. The highest BCUT2D eigenvalue weighted by molar-refractivity contribution is 5.97. The number of allylic oxidation sites excluding steroid dienone is 2. The zero-order chi connectivity index (χ0) is 14.9. The summed E-state index contributed by atoms with van der Waals surface area (Å²) in [5.41, 5.74) is 10.7. The molecule has 2 aromatic rings. The van der Waals surface area contributed by atoms with E-state index in [1.165, 1.54) is 27.5 Å². The predicted molar refractivity (Wildman–Crippen MR) is 88.8 cm³/mol. The van der Waals surface area contributed by atoms with Crippen LogP contribution in [0.3, 0.4) is 0 Å². The molecule has 2 aromatic carbocycles. The molecule has 2 nitrogen and oxygen atoms in total. The van der Waals surface area contributed by atoms with Crippen molar-refractivity contribution in [3.05, 3.63) is 53.1 Å². The Kier molecular flexibility index (Phi) is 2.27. The maximum absolute atomic E-state index is 12.9. The van der Waals surface area contributed by atoms with Gasteiger partial charge in [-0.1, -0.05) is 23.8 Å². The van der Waals surface area contributed by atoms with Gasteiger partial charge in [0, 0.05) is 12.1 Å². The van der Waals surface area contributed by atoms with E-state index in [-0.39, 0.29) is 5.41 Å². The minimum Gasteiger partial charge on any atom is -0.399 e. The number of nitrogens with two attached hydrogens (primary N) is 1. The fraction of sp³-hybridized carbons (Fsp3) is 0.350. The molecule has 0 heterocycles. The smallest absolute Gasteiger partial charge is 0.144 e. The van der Waals surface area contributed by atoms with Crippen LogP contribution < -0.4 is 5.73 Å². The van der Waals surface area contributed by atoms with Crippen molar-refractivity contribution >= 4 is 22.2 Å². The van der Waals surface area contributed by atoms with Crippen LogP contribution in [0.1, 0.15) is 36.8 Å². The van der Waals surface area contributed by atoms with Crippen LogP contribution in [0.25, 0.3) is 10.8 Å². The van der Waals surface area contributed by atoms with Crippen molar-refractivity contribution < 1.29 is 4.79 Å². The Morgan fingerprint density at radius 3 is 2.77 bits per heavy atom. The van der Waals surface area contributed by atoms with Crippen molar-refractivity contribution in [2.24, 2.45) is 5.92 Å². The lowest BCUT2D eigenvalue weighted by Gasteiger charge is -2.40. The van der Waals surface area contributed by atoms with Gasteiger partial charge in [0.2, 0.25) is 0 Å². The van der Waals surface area contributed by atoms with Crippen LogP contribution in [0, 0.1) is 5.92 Å². The standard InChI is InChI=1S/C20H19NO/c21-17-5-2-13-8-14-3-6-19(22)20(18(14)10-15(13)9-17)11-12-1-4-16(20)7-12/h1-2,5,8-10,16H,3-4,6-7,11,21H2. The van der Waals surface area contributed by atoms with Crippen LogP contribution in [0.2, 0.25) is 0 Å². The fourth-order valence-electron chi connectivity index (χ4n) is 5.06. The average Bonchev–Trinajstić information content (AvgIpc) is 3.12. The van der Waals surface area contributed by atoms with Gasteiger partial charge in [-0.05, 0) is 71.7 Å². The highest BCUT2D eigenvalue weighted by atomic mass is 16.1. The molecule has 1 fully saturated rings. The second kappa shape index (κ2) is 4.01. The molecule has 2 bridgehead atoms. The number of hydrogen-bond acceptors (Lipinski definition) is 2. The maximum Gasteiger partial charge on any atom is 0.144 e. The molecule has 0 saturated heterocycles. The molecule has 0 aliphatic heterocycles. The van der Waals surface area contributed by atoms with Crippen molar-refractivity contribution in [2.45, 2.75) is 37.5 Å². The van der Waals surface area contributed by atoms with Gasteiger partial charge in [0.05, 0.1) is 5.41 Å². The number of aryl methyl sites for hydroxylation is 1. The summed E-state index contributed by atoms with van der Waals surface area (Å²) in [4.78, 5) is 12.9. The summed E-state index contributed by atoms with van der Waals surface area (Å²) in [6.45, 7) is 0. The summed E-state index contributed by atoms with van der Waals surface area (Å²) < 4.78 is 0. The largest absolute Gasteiger partial charge is 0.399 e.